The van der Waals surface area contributed by atoms with Crippen LogP contribution in [0.4, 0.5) is 0 Å². The number of Topliss-reactive ketones (excluding diaryl/α,β-unsaturated/α-hetero) is 1. The van der Waals surface area contributed by atoms with E-state index in [2.05, 4.69) is 0 Å². The van der Waals surface area contributed by atoms with Gasteiger partial charge >= 0.3 is 0 Å². The zero-order valence-electron chi connectivity index (χ0n) is 16.2. The zero-order valence-corrected chi connectivity index (χ0v) is 16.2. The molecule has 6 nitrogen and oxygen atoms in total. The Kier molecular flexibility index (Phi) is 3.70. The summed E-state index contributed by atoms with van der Waals surface area (Å²) in [5.74, 6) is -2.05. The van der Waals surface area contributed by atoms with Gasteiger partial charge < -0.3 is 20.1 Å². The van der Waals surface area contributed by atoms with Crippen molar-refractivity contribution in [2.24, 2.45) is 29.1 Å². The van der Waals surface area contributed by atoms with Crippen molar-refractivity contribution < 1.29 is 29.6 Å². The Hall–Kier alpha value is -1.50. The Labute approximate surface area is 158 Å². The van der Waals surface area contributed by atoms with Gasteiger partial charge in [0.25, 0.3) is 6.47 Å². The molecular weight excluding hydrogens is 348 g/mol. The summed E-state index contributed by atoms with van der Waals surface area (Å²) in [6.07, 6.45) is 3.99. The average Bonchev–Trinajstić information content (AvgIpc) is 3.00. The lowest BCUT2D eigenvalue weighted by molar-refractivity contribution is -0.182. The Balaban J connectivity index is 1.91. The van der Waals surface area contributed by atoms with E-state index in [1.807, 2.05) is 26.8 Å². The van der Waals surface area contributed by atoms with Crippen molar-refractivity contribution in [3.63, 3.8) is 0 Å². The number of fused-ring (bicyclic) bond motifs is 5. The predicted octanol–water partition coefficient (Wildman–Crippen LogP) is 1.14. The van der Waals surface area contributed by atoms with Gasteiger partial charge in [0.2, 0.25) is 0 Å². The zero-order chi connectivity index (χ0) is 20.0. The van der Waals surface area contributed by atoms with Crippen molar-refractivity contribution in [1.82, 2.24) is 0 Å². The van der Waals surface area contributed by atoms with Crippen molar-refractivity contribution >= 4 is 12.3 Å². The van der Waals surface area contributed by atoms with E-state index < -0.39 is 28.6 Å². The van der Waals surface area contributed by atoms with Crippen molar-refractivity contribution in [2.75, 3.05) is 6.61 Å². The summed E-state index contributed by atoms with van der Waals surface area (Å²) in [7, 11) is 0. The third-order valence-electron chi connectivity index (χ3n) is 8.13. The molecule has 2 saturated carbocycles. The van der Waals surface area contributed by atoms with Gasteiger partial charge in [-0.3, -0.25) is 9.59 Å². The smallest absolute Gasteiger partial charge is 0.293 e. The molecule has 0 heterocycles. The van der Waals surface area contributed by atoms with E-state index in [1.165, 1.54) is 0 Å². The average molecular weight is 376 g/mol. The summed E-state index contributed by atoms with van der Waals surface area (Å²) in [6.45, 7) is 7.76. The SMILES string of the molecule is CC1=C[C@H]2[C@@]3(O)[C@H](C)C[C@]4(OC=O)[C@@H]([C@@H]3C=C(CO)C[C@]2(O)C1=O)C4(C)C. The van der Waals surface area contributed by atoms with Gasteiger partial charge in [-0.1, -0.05) is 32.9 Å². The molecule has 0 amide bonds. The Morgan fingerprint density at radius 2 is 1.96 bits per heavy atom. The molecule has 0 aromatic heterocycles. The predicted molar refractivity (Wildman–Crippen MR) is 96.4 cm³/mol. The minimum Gasteiger partial charge on any atom is -0.460 e. The van der Waals surface area contributed by atoms with E-state index in [1.54, 1.807) is 13.0 Å². The summed E-state index contributed by atoms with van der Waals surface area (Å²) in [4.78, 5) is 24.0. The van der Waals surface area contributed by atoms with E-state index in [9.17, 15) is 24.9 Å². The van der Waals surface area contributed by atoms with Gasteiger partial charge in [-0.2, -0.15) is 0 Å². The second-order valence-corrected chi connectivity index (χ2v) is 9.56. The highest BCUT2D eigenvalue weighted by atomic mass is 16.5. The quantitative estimate of drug-likeness (QED) is 0.504. The van der Waals surface area contributed by atoms with Crippen LogP contribution in [-0.4, -0.2) is 51.0 Å². The first-order chi connectivity index (χ1) is 12.5. The minimum absolute atomic E-state index is 0.00105. The summed E-state index contributed by atoms with van der Waals surface area (Å²) >= 11 is 0. The molecule has 4 aliphatic rings. The van der Waals surface area contributed by atoms with Crippen molar-refractivity contribution in [1.29, 1.82) is 0 Å². The van der Waals surface area contributed by atoms with Crippen molar-refractivity contribution in [2.45, 2.75) is 57.3 Å². The lowest BCUT2D eigenvalue weighted by atomic mass is 9.60. The van der Waals surface area contributed by atoms with E-state index in [0.717, 1.165) is 0 Å². The lowest BCUT2D eigenvalue weighted by Crippen LogP contribution is -2.61. The van der Waals surface area contributed by atoms with Crippen molar-refractivity contribution in [3.05, 3.63) is 23.3 Å². The van der Waals surface area contributed by atoms with E-state index in [0.29, 0.717) is 24.0 Å². The molecule has 7 atom stereocenters. The van der Waals surface area contributed by atoms with Crippen LogP contribution in [0.2, 0.25) is 0 Å². The van der Waals surface area contributed by atoms with Crippen LogP contribution in [0.15, 0.2) is 23.3 Å². The maximum atomic E-state index is 12.8. The highest BCUT2D eigenvalue weighted by Gasteiger charge is 2.82. The highest BCUT2D eigenvalue weighted by molar-refractivity contribution is 6.04. The van der Waals surface area contributed by atoms with Crippen LogP contribution in [0.25, 0.3) is 0 Å². The molecule has 0 unspecified atom stereocenters. The first kappa shape index (κ1) is 18.8. The summed E-state index contributed by atoms with van der Waals surface area (Å²) < 4.78 is 5.58. The van der Waals surface area contributed by atoms with Gasteiger partial charge in [-0.15, -0.1) is 0 Å². The number of ketones is 1. The first-order valence-corrected chi connectivity index (χ1v) is 9.60. The van der Waals surface area contributed by atoms with Gasteiger partial charge in [-0.25, -0.2) is 0 Å². The molecule has 4 aliphatic carbocycles. The number of aliphatic hydroxyl groups is 3. The second-order valence-electron chi connectivity index (χ2n) is 9.56. The largest absolute Gasteiger partial charge is 0.460 e. The molecule has 27 heavy (non-hydrogen) atoms. The number of carbonyl (C=O) groups is 2. The number of hydrogen-bond acceptors (Lipinski definition) is 6. The molecule has 0 bridgehead atoms. The van der Waals surface area contributed by atoms with Crippen LogP contribution >= 0.6 is 0 Å². The van der Waals surface area contributed by atoms with Crippen LogP contribution in [0, 0.1) is 29.1 Å². The Morgan fingerprint density at radius 1 is 1.30 bits per heavy atom. The lowest BCUT2D eigenvalue weighted by Gasteiger charge is -2.50. The minimum atomic E-state index is -1.75. The number of aliphatic hydroxyl groups excluding tert-OH is 1. The molecule has 0 aromatic carbocycles. The van der Waals surface area contributed by atoms with Gasteiger partial charge in [0.05, 0.1) is 12.2 Å². The molecule has 2 fully saturated rings. The fourth-order valence-electron chi connectivity index (χ4n) is 6.72. The molecule has 0 aliphatic heterocycles. The Bertz CT molecular complexity index is 782. The third kappa shape index (κ3) is 1.96. The fraction of sp³-hybridized carbons (Fsp3) is 0.714. The summed E-state index contributed by atoms with van der Waals surface area (Å²) in [6, 6.07) is 0. The highest BCUT2D eigenvalue weighted by Crippen LogP contribution is 2.76. The van der Waals surface area contributed by atoms with Gasteiger partial charge in [0.15, 0.2) is 5.78 Å². The molecular formula is C21H28O6. The van der Waals surface area contributed by atoms with E-state index in [4.69, 9.17) is 4.74 Å². The van der Waals surface area contributed by atoms with Gasteiger partial charge in [-0.05, 0) is 30.4 Å². The molecule has 148 valence electrons. The van der Waals surface area contributed by atoms with Crippen LogP contribution in [0.1, 0.15) is 40.5 Å². The van der Waals surface area contributed by atoms with E-state index in [-0.39, 0.29) is 36.1 Å². The van der Waals surface area contributed by atoms with Crippen LogP contribution in [-0.2, 0) is 14.3 Å². The van der Waals surface area contributed by atoms with Crippen LogP contribution in [0.5, 0.6) is 0 Å². The molecule has 0 radical (unpaired) electrons. The maximum Gasteiger partial charge on any atom is 0.293 e. The summed E-state index contributed by atoms with van der Waals surface area (Å²) in [5, 5.41) is 33.2. The summed E-state index contributed by atoms with van der Waals surface area (Å²) in [5.41, 5.74) is -3.16. The molecule has 6 heteroatoms. The number of hydrogen-bond donors (Lipinski definition) is 3. The first-order valence-electron chi connectivity index (χ1n) is 9.60. The normalized spacial score (nSPS) is 49.8. The topological polar surface area (TPSA) is 104 Å². The number of rotatable bonds is 3. The number of ether oxygens (including phenoxy) is 1. The second kappa shape index (κ2) is 5.31. The van der Waals surface area contributed by atoms with E-state index >= 15 is 0 Å². The Morgan fingerprint density at radius 3 is 2.56 bits per heavy atom. The van der Waals surface area contributed by atoms with Crippen molar-refractivity contribution in [3.8, 4) is 0 Å². The molecule has 0 spiro atoms. The molecule has 0 saturated heterocycles. The van der Waals surface area contributed by atoms with Crippen LogP contribution < -0.4 is 0 Å². The monoisotopic (exact) mass is 376 g/mol. The van der Waals surface area contributed by atoms with Crippen LogP contribution in [0.3, 0.4) is 0 Å². The third-order valence-corrected chi connectivity index (χ3v) is 8.13. The molecule has 4 rings (SSSR count). The number of carbonyl (C=O) groups excluding carboxylic acids is 2. The van der Waals surface area contributed by atoms with Gasteiger partial charge in [0, 0.05) is 29.6 Å². The maximum absolute atomic E-state index is 12.8. The standard InChI is InChI=1S/C21H28O6/c1-11-5-15-19(25,17(11)24)8-13(9-22)6-14-16-18(3,4)20(16,27-10-23)7-12(2)21(14,15)26/h5-6,10,12,14-16,22,25-26H,7-9H2,1-4H3/t12-,14+,15-,16+,19-,20+,21-/m1/s1. The molecule has 0 aromatic rings. The fourth-order valence-corrected chi connectivity index (χ4v) is 6.72. The molecule has 3 N–H and O–H groups in total. The van der Waals surface area contributed by atoms with Gasteiger partial charge in [0.1, 0.15) is 11.2 Å².